The molecule has 0 spiro atoms. The maximum Gasteiger partial charge on any atom is 0.251 e. The van der Waals surface area contributed by atoms with E-state index >= 15 is 0 Å². The van der Waals surface area contributed by atoms with E-state index in [1.54, 1.807) is 25.1 Å². The number of amides is 2. The number of aryl methyl sites for hydroxylation is 2. The molecule has 0 fully saturated rings. The number of sulfone groups is 1. The molecular weight excluding hydrogens is 364 g/mol. The molecule has 0 aromatic heterocycles. The molecule has 2 amide bonds. The van der Waals surface area contributed by atoms with E-state index in [2.05, 4.69) is 10.6 Å². The normalized spacial score (nSPS) is 11.0. The van der Waals surface area contributed by atoms with E-state index in [0.29, 0.717) is 29.7 Å². The van der Waals surface area contributed by atoms with Crippen LogP contribution in [-0.4, -0.2) is 38.8 Å². The summed E-state index contributed by atoms with van der Waals surface area (Å²) in [5.74, 6) is -1.40. The van der Waals surface area contributed by atoms with Gasteiger partial charge in [-0.15, -0.1) is 0 Å². The minimum absolute atomic E-state index is 0.0378. The Labute approximate surface area is 159 Å². The maximum absolute atomic E-state index is 12.2. The van der Waals surface area contributed by atoms with E-state index in [4.69, 9.17) is 0 Å². The Bertz CT molecular complexity index is 909. The molecule has 0 saturated carbocycles. The lowest BCUT2D eigenvalue weighted by molar-refractivity contribution is -0.113. The monoisotopic (exact) mass is 388 g/mol. The van der Waals surface area contributed by atoms with Gasteiger partial charge >= 0.3 is 0 Å². The first kappa shape index (κ1) is 20.6. The first-order chi connectivity index (χ1) is 12.8. The van der Waals surface area contributed by atoms with Crippen molar-refractivity contribution in [2.45, 2.75) is 19.8 Å². The van der Waals surface area contributed by atoms with Crippen molar-refractivity contribution in [2.75, 3.05) is 23.9 Å². The molecule has 0 aliphatic heterocycles. The van der Waals surface area contributed by atoms with Crippen molar-refractivity contribution >= 4 is 27.3 Å². The number of anilines is 1. The van der Waals surface area contributed by atoms with E-state index in [1.807, 2.05) is 30.3 Å². The van der Waals surface area contributed by atoms with Crippen molar-refractivity contribution in [3.05, 3.63) is 65.2 Å². The molecule has 7 heteroatoms. The number of benzene rings is 2. The summed E-state index contributed by atoms with van der Waals surface area (Å²) in [6.07, 6.45) is 1.13. The van der Waals surface area contributed by atoms with Crippen molar-refractivity contribution in [1.29, 1.82) is 0 Å². The van der Waals surface area contributed by atoms with Crippen LogP contribution in [0.25, 0.3) is 0 Å². The Hall–Kier alpha value is -2.67. The summed E-state index contributed by atoms with van der Waals surface area (Å²) in [6, 6.07) is 14.4. The number of carbonyl (C=O) groups excluding carboxylic acids is 2. The van der Waals surface area contributed by atoms with Crippen LogP contribution < -0.4 is 10.6 Å². The highest BCUT2D eigenvalue weighted by molar-refractivity contribution is 7.92. The maximum atomic E-state index is 12.2. The second-order valence-corrected chi connectivity index (χ2v) is 8.52. The van der Waals surface area contributed by atoms with Crippen molar-refractivity contribution in [1.82, 2.24) is 5.32 Å². The van der Waals surface area contributed by atoms with Gasteiger partial charge in [-0.25, -0.2) is 8.42 Å². The van der Waals surface area contributed by atoms with E-state index < -0.39 is 21.5 Å². The zero-order valence-corrected chi connectivity index (χ0v) is 16.3. The Balaban J connectivity index is 1.89. The lowest BCUT2D eigenvalue weighted by atomic mass is 10.1. The van der Waals surface area contributed by atoms with E-state index in [9.17, 15) is 18.0 Å². The van der Waals surface area contributed by atoms with Crippen LogP contribution in [0, 0.1) is 6.92 Å². The van der Waals surface area contributed by atoms with Crippen LogP contribution in [0.15, 0.2) is 48.5 Å². The quantitative estimate of drug-likeness (QED) is 0.726. The molecule has 2 rings (SSSR count). The van der Waals surface area contributed by atoms with Crippen LogP contribution >= 0.6 is 0 Å². The largest absolute Gasteiger partial charge is 0.355 e. The highest BCUT2D eigenvalue weighted by atomic mass is 32.2. The molecule has 0 atom stereocenters. The minimum Gasteiger partial charge on any atom is -0.355 e. The van der Waals surface area contributed by atoms with E-state index in [0.717, 1.165) is 5.56 Å². The zero-order chi connectivity index (χ0) is 19.9. The van der Waals surface area contributed by atoms with Crippen molar-refractivity contribution in [2.24, 2.45) is 0 Å². The molecular formula is C20H24N2O4S. The molecule has 0 bridgehead atoms. The smallest absolute Gasteiger partial charge is 0.251 e. The topological polar surface area (TPSA) is 92.3 Å². The second-order valence-electron chi connectivity index (χ2n) is 6.34. The standard InChI is InChI=1S/C20H24N2O4S/c1-15-13-17(20(24)21-2)10-11-18(15)22-19(23)14-27(25,26)12-6-9-16-7-4-3-5-8-16/h3-5,7-8,10-11,13H,6,9,12,14H2,1-2H3,(H,21,24)(H,22,23). The van der Waals surface area contributed by atoms with Gasteiger partial charge < -0.3 is 10.6 Å². The molecule has 27 heavy (non-hydrogen) atoms. The summed E-state index contributed by atoms with van der Waals surface area (Å²) in [5.41, 5.74) is 2.73. The summed E-state index contributed by atoms with van der Waals surface area (Å²) < 4.78 is 24.3. The van der Waals surface area contributed by atoms with E-state index in [-0.39, 0.29) is 11.7 Å². The van der Waals surface area contributed by atoms with Gasteiger partial charge in [0.05, 0.1) is 5.75 Å². The Morgan fingerprint density at radius 2 is 1.74 bits per heavy atom. The van der Waals surface area contributed by atoms with Crippen LogP contribution in [0.1, 0.15) is 27.9 Å². The van der Waals surface area contributed by atoms with Gasteiger partial charge in [-0.05, 0) is 49.1 Å². The van der Waals surface area contributed by atoms with E-state index in [1.165, 1.54) is 7.05 Å². The predicted octanol–water partition coefficient (Wildman–Crippen LogP) is 2.34. The van der Waals surface area contributed by atoms with Crippen molar-refractivity contribution in [3.8, 4) is 0 Å². The van der Waals surface area contributed by atoms with Crippen LogP contribution in [0.4, 0.5) is 5.69 Å². The number of hydrogen-bond acceptors (Lipinski definition) is 4. The third kappa shape index (κ3) is 6.53. The average molecular weight is 388 g/mol. The van der Waals surface area contributed by atoms with Crippen LogP contribution in [0.3, 0.4) is 0 Å². The molecule has 2 N–H and O–H groups in total. The average Bonchev–Trinajstić information content (AvgIpc) is 2.63. The molecule has 0 saturated heterocycles. The van der Waals surface area contributed by atoms with Gasteiger partial charge in [-0.1, -0.05) is 30.3 Å². The number of nitrogens with one attached hydrogen (secondary N) is 2. The lowest BCUT2D eigenvalue weighted by Crippen LogP contribution is -2.25. The predicted molar refractivity (Wildman–Crippen MR) is 107 cm³/mol. The summed E-state index contributed by atoms with van der Waals surface area (Å²) >= 11 is 0. The van der Waals surface area contributed by atoms with Crippen LogP contribution in [0.2, 0.25) is 0 Å². The number of carbonyl (C=O) groups is 2. The molecule has 0 heterocycles. The summed E-state index contributed by atoms with van der Waals surface area (Å²) in [5, 5.41) is 5.13. The minimum atomic E-state index is -3.49. The molecule has 0 radical (unpaired) electrons. The van der Waals surface area contributed by atoms with Gasteiger partial charge in [0, 0.05) is 18.3 Å². The summed E-state index contributed by atoms with van der Waals surface area (Å²) in [7, 11) is -1.95. The Morgan fingerprint density at radius 1 is 1.04 bits per heavy atom. The molecule has 0 aliphatic rings. The summed E-state index contributed by atoms with van der Waals surface area (Å²) in [6.45, 7) is 1.75. The van der Waals surface area contributed by atoms with Crippen LogP contribution in [-0.2, 0) is 21.1 Å². The first-order valence-corrected chi connectivity index (χ1v) is 10.5. The van der Waals surface area contributed by atoms with Gasteiger partial charge in [-0.3, -0.25) is 9.59 Å². The van der Waals surface area contributed by atoms with Gasteiger partial charge in [0.25, 0.3) is 5.91 Å². The number of hydrogen-bond donors (Lipinski definition) is 2. The van der Waals surface area contributed by atoms with Gasteiger partial charge in [0.15, 0.2) is 9.84 Å². The highest BCUT2D eigenvalue weighted by Crippen LogP contribution is 2.17. The molecule has 2 aromatic rings. The second kappa shape index (κ2) is 9.32. The van der Waals surface area contributed by atoms with Gasteiger partial charge in [0.1, 0.15) is 5.75 Å². The third-order valence-electron chi connectivity index (χ3n) is 4.10. The van der Waals surface area contributed by atoms with Crippen LogP contribution in [0.5, 0.6) is 0 Å². The fourth-order valence-electron chi connectivity index (χ4n) is 2.69. The highest BCUT2D eigenvalue weighted by Gasteiger charge is 2.17. The van der Waals surface area contributed by atoms with Gasteiger partial charge in [-0.2, -0.15) is 0 Å². The molecule has 2 aromatic carbocycles. The molecule has 0 aliphatic carbocycles. The fourth-order valence-corrected chi connectivity index (χ4v) is 3.89. The van der Waals surface area contributed by atoms with Gasteiger partial charge in [0.2, 0.25) is 5.91 Å². The van der Waals surface area contributed by atoms with Crippen molar-refractivity contribution in [3.63, 3.8) is 0 Å². The third-order valence-corrected chi connectivity index (χ3v) is 5.72. The zero-order valence-electron chi connectivity index (χ0n) is 15.5. The molecule has 0 unspecified atom stereocenters. The number of rotatable bonds is 8. The SMILES string of the molecule is CNC(=O)c1ccc(NC(=O)CS(=O)(=O)CCCc2ccccc2)c(C)c1. The lowest BCUT2D eigenvalue weighted by Gasteiger charge is -2.10. The molecule has 6 nitrogen and oxygen atoms in total. The Morgan fingerprint density at radius 3 is 2.37 bits per heavy atom. The fraction of sp³-hybridized carbons (Fsp3) is 0.300. The summed E-state index contributed by atoms with van der Waals surface area (Å²) in [4.78, 5) is 23.7. The Kier molecular flexibility index (Phi) is 7.12. The van der Waals surface area contributed by atoms with Crippen molar-refractivity contribution < 1.29 is 18.0 Å². The molecule has 144 valence electrons. The first-order valence-electron chi connectivity index (χ1n) is 8.67.